The van der Waals surface area contributed by atoms with Gasteiger partial charge in [-0.2, -0.15) is 4.31 Å². The van der Waals surface area contributed by atoms with E-state index in [2.05, 4.69) is 10.6 Å². The Kier molecular flexibility index (Phi) is 7.69. The van der Waals surface area contributed by atoms with Crippen LogP contribution in [0.15, 0.2) is 34.4 Å². The lowest BCUT2D eigenvalue weighted by Crippen LogP contribution is -2.50. The number of piperidine rings is 1. The van der Waals surface area contributed by atoms with E-state index in [1.165, 1.54) is 16.4 Å². The fourth-order valence-electron chi connectivity index (χ4n) is 4.32. The summed E-state index contributed by atoms with van der Waals surface area (Å²) in [5.74, 6) is -0.763. The number of carbonyl (C=O) groups excluding carboxylic acids is 3. The molecule has 0 aliphatic carbocycles. The molecule has 0 radical (unpaired) electrons. The van der Waals surface area contributed by atoms with Gasteiger partial charge < -0.3 is 29.6 Å². The highest BCUT2D eigenvalue weighted by Crippen LogP contribution is 2.34. The molecular weight excluding hydrogens is 494 g/mol. The van der Waals surface area contributed by atoms with Crippen LogP contribution in [0.4, 0.5) is 4.79 Å². The highest BCUT2D eigenvalue weighted by atomic mass is 32.2. The third-order valence-electron chi connectivity index (χ3n) is 6.16. The molecule has 0 aromatic heterocycles. The molecule has 3 heterocycles. The average Bonchev–Trinajstić information content (AvgIpc) is 2.86. The van der Waals surface area contributed by atoms with Crippen molar-refractivity contribution < 1.29 is 41.7 Å². The summed E-state index contributed by atoms with van der Waals surface area (Å²) in [6.07, 6.45) is 0.549. The van der Waals surface area contributed by atoms with Crippen molar-refractivity contribution >= 4 is 28.0 Å². The van der Waals surface area contributed by atoms with Crippen molar-refractivity contribution in [3.05, 3.63) is 29.5 Å². The van der Waals surface area contributed by atoms with Gasteiger partial charge in [0.05, 0.1) is 34.7 Å². The molecule has 2 amide bonds. The van der Waals surface area contributed by atoms with Gasteiger partial charge in [-0.05, 0) is 38.8 Å². The summed E-state index contributed by atoms with van der Waals surface area (Å²) in [7, 11) is -3.78. The Morgan fingerprint density at radius 2 is 1.81 bits per heavy atom. The Morgan fingerprint density at radius 1 is 1.11 bits per heavy atom. The van der Waals surface area contributed by atoms with E-state index in [1.54, 1.807) is 19.9 Å². The zero-order valence-corrected chi connectivity index (χ0v) is 20.9. The fraction of sp³-hybridized carbons (Fsp3) is 0.522. The number of benzene rings is 1. The van der Waals surface area contributed by atoms with Crippen molar-refractivity contribution in [3.8, 4) is 11.5 Å². The molecule has 12 nitrogen and oxygen atoms in total. The number of amides is 2. The molecule has 1 atom stereocenters. The molecule has 1 unspecified atom stereocenters. The highest BCUT2D eigenvalue weighted by Gasteiger charge is 2.35. The lowest BCUT2D eigenvalue weighted by atomic mass is 9.98. The zero-order valence-electron chi connectivity index (χ0n) is 20.1. The summed E-state index contributed by atoms with van der Waals surface area (Å²) in [5.41, 5.74) is 0.348. The van der Waals surface area contributed by atoms with Gasteiger partial charge in [0.2, 0.25) is 10.0 Å². The maximum absolute atomic E-state index is 13.1. The van der Waals surface area contributed by atoms with E-state index in [1.807, 2.05) is 0 Å². The molecule has 1 aromatic rings. The first-order valence-corrected chi connectivity index (χ1v) is 13.2. The number of esters is 2. The van der Waals surface area contributed by atoms with Gasteiger partial charge in [0.1, 0.15) is 19.8 Å². The molecule has 3 aliphatic rings. The maximum Gasteiger partial charge on any atom is 0.338 e. The van der Waals surface area contributed by atoms with Gasteiger partial charge in [0.25, 0.3) is 0 Å². The fourth-order valence-corrected chi connectivity index (χ4v) is 5.81. The first kappa shape index (κ1) is 25.8. The predicted octanol–water partition coefficient (Wildman–Crippen LogP) is 0.920. The molecule has 13 heteroatoms. The summed E-state index contributed by atoms with van der Waals surface area (Å²) < 4.78 is 48.9. The van der Waals surface area contributed by atoms with E-state index in [0.717, 1.165) is 0 Å². The monoisotopic (exact) mass is 523 g/mol. The van der Waals surface area contributed by atoms with Crippen LogP contribution in [-0.2, 0) is 29.1 Å². The van der Waals surface area contributed by atoms with Gasteiger partial charge in [-0.3, -0.25) is 4.79 Å². The standard InChI is InChI=1S/C23H29N3O9S/c1-3-32-22(28)20-14(2)24-23(29)25-17(20)13-35-21(27)15-6-8-26(9-7-15)36(30,31)16-4-5-18-19(12-16)34-11-10-33-18/h4-5,12,14-15H,3,6-11,13H2,1-2H3,(H2,24,25,29). The van der Waals surface area contributed by atoms with Gasteiger partial charge in [0.15, 0.2) is 11.5 Å². The minimum Gasteiger partial charge on any atom is -0.486 e. The van der Waals surface area contributed by atoms with Crippen LogP contribution in [0.2, 0.25) is 0 Å². The normalized spacial score (nSPS) is 20.8. The summed E-state index contributed by atoms with van der Waals surface area (Å²) in [6, 6.07) is 3.38. The quantitative estimate of drug-likeness (QED) is 0.498. The SMILES string of the molecule is CCOC(=O)C1=C(COC(=O)C2CCN(S(=O)(=O)c3ccc4c(c3)OCCO4)CC2)NC(=O)NC1C. The first-order chi connectivity index (χ1) is 17.2. The Morgan fingerprint density at radius 3 is 2.50 bits per heavy atom. The Bertz CT molecular complexity index is 1170. The van der Waals surface area contributed by atoms with Crippen LogP contribution >= 0.6 is 0 Å². The molecule has 1 fully saturated rings. The minimum atomic E-state index is -3.78. The number of hydrogen-bond acceptors (Lipinski definition) is 9. The molecule has 0 spiro atoms. The van der Waals surface area contributed by atoms with Crippen molar-refractivity contribution in [2.75, 3.05) is 39.5 Å². The van der Waals surface area contributed by atoms with Crippen LogP contribution in [-0.4, -0.2) is 76.3 Å². The van der Waals surface area contributed by atoms with Crippen LogP contribution in [0, 0.1) is 5.92 Å². The summed E-state index contributed by atoms with van der Waals surface area (Å²) in [5, 5.41) is 5.08. The number of carbonyl (C=O) groups is 3. The lowest BCUT2D eigenvalue weighted by molar-refractivity contribution is -0.149. The molecule has 0 saturated carbocycles. The topological polar surface area (TPSA) is 150 Å². The second kappa shape index (κ2) is 10.7. The number of urea groups is 1. The van der Waals surface area contributed by atoms with E-state index in [-0.39, 0.29) is 55.3 Å². The van der Waals surface area contributed by atoms with Gasteiger partial charge in [0, 0.05) is 19.2 Å². The van der Waals surface area contributed by atoms with Gasteiger partial charge in [-0.15, -0.1) is 0 Å². The Balaban J connectivity index is 1.36. The number of rotatable bonds is 7. The van der Waals surface area contributed by atoms with Crippen molar-refractivity contribution in [3.63, 3.8) is 0 Å². The first-order valence-electron chi connectivity index (χ1n) is 11.7. The molecular formula is C23H29N3O9S. The number of fused-ring (bicyclic) bond motifs is 1. The lowest BCUT2D eigenvalue weighted by Gasteiger charge is -2.31. The predicted molar refractivity (Wildman–Crippen MR) is 125 cm³/mol. The van der Waals surface area contributed by atoms with E-state index < -0.39 is 40.0 Å². The van der Waals surface area contributed by atoms with Crippen LogP contribution in [0.5, 0.6) is 11.5 Å². The van der Waals surface area contributed by atoms with Gasteiger partial charge >= 0.3 is 18.0 Å². The van der Waals surface area contributed by atoms with Gasteiger partial charge in [-0.25, -0.2) is 18.0 Å². The van der Waals surface area contributed by atoms with Crippen molar-refractivity contribution in [1.82, 2.24) is 14.9 Å². The minimum absolute atomic E-state index is 0.0991. The molecule has 36 heavy (non-hydrogen) atoms. The van der Waals surface area contributed by atoms with E-state index in [0.29, 0.717) is 24.7 Å². The largest absolute Gasteiger partial charge is 0.486 e. The van der Waals surface area contributed by atoms with Crippen LogP contribution < -0.4 is 20.1 Å². The van der Waals surface area contributed by atoms with Crippen molar-refractivity contribution in [2.24, 2.45) is 5.92 Å². The van der Waals surface area contributed by atoms with Crippen molar-refractivity contribution in [1.29, 1.82) is 0 Å². The Labute approximate surface area is 208 Å². The van der Waals surface area contributed by atoms with Crippen LogP contribution in [0.25, 0.3) is 0 Å². The average molecular weight is 524 g/mol. The molecule has 3 aliphatic heterocycles. The number of sulfonamides is 1. The molecule has 1 aromatic carbocycles. The maximum atomic E-state index is 13.1. The second-order valence-electron chi connectivity index (χ2n) is 8.52. The van der Waals surface area contributed by atoms with E-state index in [4.69, 9.17) is 18.9 Å². The van der Waals surface area contributed by atoms with Crippen LogP contribution in [0.1, 0.15) is 26.7 Å². The summed E-state index contributed by atoms with van der Waals surface area (Å²) in [4.78, 5) is 37.0. The third-order valence-corrected chi connectivity index (χ3v) is 8.06. The molecule has 0 bridgehead atoms. The summed E-state index contributed by atoms with van der Waals surface area (Å²) >= 11 is 0. The van der Waals surface area contributed by atoms with Crippen molar-refractivity contribution in [2.45, 2.75) is 37.6 Å². The van der Waals surface area contributed by atoms with Crippen LogP contribution in [0.3, 0.4) is 0 Å². The van der Waals surface area contributed by atoms with E-state index in [9.17, 15) is 22.8 Å². The van der Waals surface area contributed by atoms with E-state index >= 15 is 0 Å². The molecule has 1 saturated heterocycles. The molecule has 2 N–H and O–H groups in total. The number of nitrogens with zero attached hydrogens (tertiary/aromatic N) is 1. The highest BCUT2D eigenvalue weighted by molar-refractivity contribution is 7.89. The smallest absolute Gasteiger partial charge is 0.338 e. The molecule has 196 valence electrons. The number of hydrogen-bond donors (Lipinski definition) is 2. The number of ether oxygens (including phenoxy) is 4. The Hall–Kier alpha value is -3.32. The zero-order chi connectivity index (χ0) is 25.9. The number of nitrogens with one attached hydrogen (secondary N) is 2. The summed E-state index contributed by atoms with van der Waals surface area (Å²) in [6.45, 7) is 4.19. The second-order valence-corrected chi connectivity index (χ2v) is 10.5. The van der Waals surface area contributed by atoms with Gasteiger partial charge in [-0.1, -0.05) is 0 Å². The molecule has 4 rings (SSSR count). The third kappa shape index (κ3) is 5.41.